The zero-order valence-corrected chi connectivity index (χ0v) is 12.3. The molecule has 1 aromatic carbocycles. The van der Waals surface area contributed by atoms with E-state index in [2.05, 4.69) is 29.2 Å². The van der Waals surface area contributed by atoms with Crippen LogP contribution in [0.2, 0.25) is 0 Å². The van der Waals surface area contributed by atoms with Gasteiger partial charge in [0.25, 0.3) is 0 Å². The normalized spacial score (nSPS) is 21.7. The van der Waals surface area contributed by atoms with Gasteiger partial charge in [-0.05, 0) is 12.0 Å². The lowest BCUT2D eigenvalue weighted by atomic mass is 10.1. The second kappa shape index (κ2) is 8.54. The van der Waals surface area contributed by atoms with E-state index in [4.69, 9.17) is 4.74 Å². The highest BCUT2D eigenvalue weighted by Crippen LogP contribution is 2.14. The summed E-state index contributed by atoms with van der Waals surface area (Å²) >= 11 is 0. The highest BCUT2D eigenvalue weighted by Gasteiger charge is 2.22. The number of aliphatic hydroxyl groups is 1. The van der Waals surface area contributed by atoms with Crippen molar-refractivity contribution in [1.82, 2.24) is 4.90 Å². The topological polar surface area (TPSA) is 32.7 Å². The molecule has 2 rings (SSSR count). The Morgan fingerprint density at radius 1 is 1.37 bits per heavy atom. The van der Waals surface area contributed by atoms with Crippen LogP contribution >= 0.6 is 12.4 Å². The molecule has 0 aliphatic carbocycles. The van der Waals surface area contributed by atoms with Gasteiger partial charge in [-0.2, -0.15) is 0 Å². The Morgan fingerprint density at radius 3 is 2.79 bits per heavy atom. The van der Waals surface area contributed by atoms with Gasteiger partial charge in [0, 0.05) is 26.1 Å². The van der Waals surface area contributed by atoms with E-state index in [0.29, 0.717) is 0 Å². The maximum absolute atomic E-state index is 9.69. The van der Waals surface area contributed by atoms with Crippen LogP contribution in [0.1, 0.15) is 25.3 Å². The molecule has 2 unspecified atom stereocenters. The second-order valence-electron chi connectivity index (χ2n) is 5.01. The first-order valence-corrected chi connectivity index (χ1v) is 6.84. The molecule has 3 nitrogen and oxygen atoms in total. The number of nitrogens with zero attached hydrogens (tertiary/aromatic N) is 1. The van der Waals surface area contributed by atoms with Gasteiger partial charge in [0.2, 0.25) is 0 Å². The number of rotatable bonds is 5. The van der Waals surface area contributed by atoms with Gasteiger partial charge >= 0.3 is 0 Å². The molecule has 0 spiro atoms. The first-order chi connectivity index (χ1) is 8.78. The molecule has 1 heterocycles. The third-order valence-electron chi connectivity index (χ3n) is 3.48. The summed E-state index contributed by atoms with van der Waals surface area (Å²) in [5.74, 6) is 0. The predicted molar refractivity (Wildman–Crippen MR) is 79.6 cm³/mol. The minimum absolute atomic E-state index is 0. The van der Waals surface area contributed by atoms with E-state index in [1.807, 2.05) is 13.0 Å². The third kappa shape index (κ3) is 5.49. The van der Waals surface area contributed by atoms with Gasteiger partial charge in [-0.25, -0.2) is 0 Å². The number of hydrogen-bond acceptors (Lipinski definition) is 3. The van der Waals surface area contributed by atoms with E-state index in [1.54, 1.807) is 0 Å². The van der Waals surface area contributed by atoms with Gasteiger partial charge < -0.3 is 9.84 Å². The summed E-state index contributed by atoms with van der Waals surface area (Å²) in [6.07, 6.45) is 1.50. The average molecular weight is 286 g/mol. The summed E-state index contributed by atoms with van der Waals surface area (Å²) in [5.41, 5.74) is 1.34. The average Bonchev–Trinajstić information content (AvgIpc) is 2.40. The fraction of sp³-hybridized carbons (Fsp3) is 0.600. The van der Waals surface area contributed by atoms with Crippen molar-refractivity contribution in [3.63, 3.8) is 0 Å². The van der Waals surface area contributed by atoms with Crippen LogP contribution in [0.25, 0.3) is 0 Å². The molecule has 1 aliphatic rings. The molecule has 1 fully saturated rings. The molecule has 0 bridgehead atoms. The molecule has 0 radical (unpaired) electrons. The van der Waals surface area contributed by atoms with Crippen molar-refractivity contribution in [3.05, 3.63) is 35.9 Å². The Kier molecular flexibility index (Phi) is 7.39. The van der Waals surface area contributed by atoms with E-state index in [1.165, 1.54) is 5.56 Å². The van der Waals surface area contributed by atoms with Crippen LogP contribution in [0.5, 0.6) is 0 Å². The van der Waals surface area contributed by atoms with Crippen LogP contribution in [0, 0.1) is 0 Å². The summed E-state index contributed by atoms with van der Waals surface area (Å²) < 4.78 is 5.72. The zero-order chi connectivity index (χ0) is 12.8. The summed E-state index contributed by atoms with van der Waals surface area (Å²) in [6.45, 7) is 5.66. The van der Waals surface area contributed by atoms with Gasteiger partial charge in [0.05, 0.1) is 18.8 Å². The van der Waals surface area contributed by atoms with Gasteiger partial charge in [0.15, 0.2) is 0 Å². The molecular weight excluding hydrogens is 262 g/mol. The first kappa shape index (κ1) is 16.4. The van der Waals surface area contributed by atoms with Crippen molar-refractivity contribution < 1.29 is 9.84 Å². The number of ether oxygens (including phenoxy) is 1. The number of morpholine rings is 1. The highest BCUT2D eigenvalue weighted by molar-refractivity contribution is 5.85. The van der Waals surface area contributed by atoms with Gasteiger partial charge in [0.1, 0.15) is 0 Å². The van der Waals surface area contributed by atoms with E-state index >= 15 is 0 Å². The third-order valence-corrected chi connectivity index (χ3v) is 3.48. The van der Waals surface area contributed by atoms with E-state index in [9.17, 15) is 5.11 Å². The number of halogens is 1. The van der Waals surface area contributed by atoms with Crippen LogP contribution in [-0.2, 0) is 11.3 Å². The molecule has 4 heteroatoms. The summed E-state index contributed by atoms with van der Waals surface area (Å²) in [4.78, 5) is 2.41. The summed E-state index contributed by atoms with van der Waals surface area (Å²) in [6, 6.07) is 10.5. The van der Waals surface area contributed by atoms with Crippen molar-refractivity contribution in [2.24, 2.45) is 0 Å². The van der Waals surface area contributed by atoms with Crippen LogP contribution < -0.4 is 0 Å². The molecule has 19 heavy (non-hydrogen) atoms. The molecule has 1 N–H and O–H groups in total. The lowest BCUT2D eigenvalue weighted by Crippen LogP contribution is -2.43. The zero-order valence-electron chi connectivity index (χ0n) is 11.5. The molecular formula is C15H24ClNO2. The number of benzene rings is 1. The lowest BCUT2D eigenvalue weighted by molar-refractivity contribution is -0.0523. The highest BCUT2D eigenvalue weighted by atomic mass is 35.5. The number of aliphatic hydroxyl groups excluding tert-OH is 1. The maximum Gasteiger partial charge on any atom is 0.0727 e. The molecule has 1 saturated heterocycles. The van der Waals surface area contributed by atoms with Crippen molar-refractivity contribution in [3.8, 4) is 0 Å². The Morgan fingerprint density at radius 2 is 2.11 bits per heavy atom. The smallest absolute Gasteiger partial charge is 0.0727 e. The van der Waals surface area contributed by atoms with E-state index in [0.717, 1.165) is 39.1 Å². The fourth-order valence-electron chi connectivity index (χ4n) is 2.38. The van der Waals surface area contributed by atoms with Gasteiger partial charge in [-0.3, -0.25) is 4.90 Å². The minimum atomic E-state index is -0.230. The van der Waals surface area contributed by atoms with Crippen LogP contribution in [0.4, 0.5) is 0 Å². The van der Waals surface area contributed by atoms with Crippen molar-refractivity contribution in [2.75, 3.05) is 19.7 Å². The Labute approximate surface area is 122 Å². The van der Waals surface area contributed by atoms with Crippen molar-refractivity contribution >= 4 is 12.4 Å². The largest absolute Gasteiger partial charge is 0.393 e. The van der Waals surface area contributed by atoms with Crippen molar-refractivity contribution in [1.29, 1.82) is 0 Å². The van der Waals surface area contributed by atoms with Crippen LogP contribution in [0.15, 0.2) is 30.3 Å². The molecule has 2 atom stereocenters. The molecule has 108 valence electrons. The molecule has 0 amide bonds. The van der Waals surface area contributed by atoms with Crippen molar-refractivity contribution in [2.45, 2.75) is 38.5 Å². The molecule has 1 aromatic rings. The molecule has 0 aromatic heterocycles. The predicted octanol–water partition coefficient (Wildman–Crippen LogP) is 2.47. The maximum atomic E-state index is 9.69. The molecule has 0 saturated carbocycles. The van der Waals surface area contributed by atoms with E-state index < -0.39 is 0 Å². The first-order valence-electron chi connectivity index (χ1n) is 6.84. The Balaban J connectivity index is 0.00000180. The minimum Gasteiger partial charge on any atom is -0.393 e. The quantitative estimate of drug-likeness (QED) is 0.902. The standard InChI is InChI=1S/C15H23NO2.ClH/c1-2-14(17)10-15-12-16(8-9-18-15)11-13-6-4-3-5-7-13;/h3-7,14-15,17H,2,8-12H2,1H3;1H. The SMILES string of the molecule is CCC(O)CC1CN(Cc2ccccc2)CCO1.Cl. The van der Waals surface area contributed by atoms with Gasteiger partial charge in [-0.1, -0.05) is 37.3 Å². The van der Waals surface area contributed by atoms with Crippen LogP contribution in [-0.4, -0.2) is 41.9 Å². The van der Waals surface area contributed by atoms with Gasteiger partial charge in [-0.15, -0.1) is 12.4 Å². The lowest BCUT2D eigenvalue weighted by Gasteiger charge is -2.33. The van der Waals surface area contributed by atoms with Crippen LogP contribution in [0.3, 0.4) is 0 Å². The number of hydrogen-bond donors (Lipinski definition) is 1. The monoisotopic (exact) mass is 285 g/mol. The fourth-order valence-corrected chi connectivity index (χ4v) is 2.38. The van der Waals surface area contributed by atoms with E-state index in [-0.39, 0.29) is 24.6 Å². The Bertz CT molecular complexity index is 347. The molecule has 1 aliphatic heterocycles. The summed E-state index contributed by atoms with van der Waals surface area (Å²) in [5, 5.41) is 9.69. The Hall–Kier alpha value is -0.610. The second-order valence-corrected chi connectivity index (χ2v) is 5.01. The summed E-state index contributed by atoms with van der Waals surface area (Å²) in [7, 11) is 0.